The lowest BCUT2D eigenvalue weighted by Gasteiger charge is -2.24. The summed E-state index contributed by atoms with van der Waals surface area (Å²) in [4.78, 5) is 11.7. The van der Waals surface area contributed by atoms with Crippen molar-refractivity contribution >= 4 is 21.8 Å². The van der Waals surface area contributed by atoms with Crippen LogP contribution in [0.1, 0.15) is 37.6 Å². The SMILES string of the molecule is C[C@@](CCc1cc(/C=C/C2CC2)on1)(C(=O)NO)S(C)(=O)=O. The lowest BCUT2D eigenvalue weighted by molar-refractivity contribution is -0.131. The number of hydroxylamine groups is 1. The van der Waals surface area contributed by atoms with Gasteiger partial charge in [0.15, 0.2) is 15.6 Å². The minimum atomic E-state index is -3.70. The van der Waals surface area contributed by atoms with Crippen molar-refractivity contribution in [2.24, 2.45) is 5.92 Å². The molecule has 1 aromatic heterocycles. The van der Waals surface area contributed by atoms with Gasteiger partial charge in [-0.3, -0.25) is 10.0 Å². The van der Waals surface area contributed by atoms with Crippen LogP contribution in [0.3, 0.4) is 0 Å². The molecule has 7 nitrogen and oxygen atoms in total. The molecule has 1 aliphatic rings. The Bertz CT molecular complexity index is 675. The lowest BCUT2D eigenvalue weighted by atomic mass is 10.0. The Kier molecular flexibility index (Phi) is 4.72. The molecule has 1 atom stereocenters. The number of allylic oxidation sites excluding steroid dienone is 1. The fourth-order valence-corrected chi connectivity index (χ4v) is 2.85. The molecule has 1 amide bonds. The van der Waals surface area contributed by atoms with Crippen molar-refractivity contribution in [1.82, 2.24) is 10.6 Å². The van der Waals surface area contributed by atoms with Crippen LogP contribution in [0.4, 0.5) is 0 Å². The number of nitrogens with zero attached hydrogens (tertiary/aromatic N) is 1. The molecule has 1 saturated carbocycles. The fourth-order valence-electron chi connectivity index (χ4n) is 2.00. The highest BCUT2D eigenvalue weighted by molar-refractivity contribution is 7.92. The van der Waals surface area contributed by atoms with Crippen molar-refractivity contribution in [1.29, 1.82) is 0 Å². The number of rotatable bonds is 7. The van der Waals surface area contributed by atoms with Gasteiger partial charge in [-0.15, -0.1) is 0 Å². The Morgan fingerprint density at radius 3 is 2.82 bits per heavy atom. The Morgan fingerprint density at radius 1 is 1.59 bits per heavy atom. The largest absolute Gasteiger partial charge is 0.357 e. The quantitative estimate of drug-likeness (QED) is 0.577. The van der Waals surface area contributed by atoms with Gasteiger partial charge in [-0.05, 0) is 44.6 Å². The summed E-state index contributed by atoms with van der Waals surface area (Å²) < 4.78 is 27.1. The molecular weight excluding hydrogens is 308 g/mol. The van der Waals surface area contributed by atoms with E-state index in [9.17, 15) is 13.2 Å². The van der Waals surface area contributed by atoms with Gasteiger partial charge in [0.1, 0.15) is 4.75 Å². The van der Waals surface area contributed by atoms with Gasteiger partial charge < -0.3 is 4.52 Å². The summed E-state index contributed by atoms with van der Waals surface area (Å²) in [7, 11) is -3.70. The van der Waals surface area contributed by atoms with E-state index in [1.807, 2.05) is 6.08 Å². The number of nitrogens with one attached hydrogen (secondary N) is 1. The molecule has 0 aliphatic heterocycles. The molecule has 1 aliphatic carbocycles. The van der Waals surface area contributed by atoms with E-state index >= 15 is 0 Å². The van der Waals surface area contributed by atoms with Crippen LogP contribution in [0.15, 0.2) is 16.7 Å². The number of hydrogen-bond acceptors (Lipinski definition) is 6. The van der Waals surface area contributed by atoms with E-state index in [4.69, 9.17) is 9.73 Å². The number of sulfone groups is 1. The number of carbonyl (C=O) groups excluding carboxylic acids is 1. The average molecular weight is 328 g/mol. The van der Waals surface area contributed by atoms with Crippen LogP contribution in [0.25, 0.3) is 6.08 Å². The zero-order chi connectivity index (χ0) is 16.4. The monoisotopic (exact) mass is 328 g/mol. The second-order valence-electron chi connectivity index (χ2n) is 5.86. The van der Waals surface area contributed by atoms with Crippen molar-refractivity contribution in [3.05, 3.63) is 23.6 Å². The summed E-state index contributed by atoms with van der Waals surface area (Å²) in [5, 5.41) is 12.6. The Balaban J connectivity index is 2.04. The summed E-state index contributed by atoms with van der Waals surface area (Å²) in [5.74, 6) is 0.275. The van der Waals surface area contributed by atoms with Gasteiger partial charge in [-0.1, -0.05) is 11.2 Å². The first-order chi connectivity index (χ1) is 10.3. The Hall–Kier alpha value is -1.67. The predicted octanol–water partition coefficient (Wildman–Crippen LogP) is 1.34. The van der Waals surface area contributed by atoms with E-state index in [2.05, 4.69) is 11.2 Å². The summed E-state index contributed by atoms with van der Waals surface area (Å²) in [5.41, 5.74) is 1.99. The minimum Gasteiger partial charge on any atom is -0.357 e. The fraction of sp³-hybridized carbons (Fsp3) is 0.571. The molecule has 22 heavy (non-hydrogen) atoms. The van der Waals surface area contributed by atoms with Crippen LogP contribution in [0.5, 0.6) is 0 Å². The van der Waals surface area contributed by atoms with Gasteiger partial charge in [-0.25, -0.2) is 13.9 Å². The van der Waals surface area contributed by atoms with Crippen molar-refractivity contribution in [2.75, 3.05) is 6.26 Å². The zero-order valence-electron chi connectivity index (χ0n) is 12.6. The maximum atomic E-state index is 11.8. The highest BCUT2D eigenvalue weighted by atomic mass is 32.2. The number of carbonyl (C=O) groups is 1. The molecule has 1 aromatic rings. The molecule has 8 heteroatoms. The second kappa shape index (κ2) is 6.21. The highest BCUT2D eigenvalue weighted by Crippen LogP contribution is 2.31. The van der Waals surface area contributed by atoms with E-state index in [1.165, 1.54) is 25.2 Å². The molecule has 2 rings (SSSR count). The summed E-state index contributed by atoms with van der Waals surface area (Å²) >= 11 is 0. The number of aromatic nitrogens is 1. The van der Waals surface area contributed by atoms with Gasteiger partial charge in [0.05, 0.1) is 5.69 Å². The lowest BCUT2D eigenvalue weighted by Crippen LogP contribution is -2.49. The number of amides is 1. The van der Waals surface area contributed by atoms with E-state index in [-0.39, 0.29) is 12.8 Å². The van der Waals surface area contributed by atoms with Crippen molar-refractivity contribution < 1.29 is 22.9 Å². The van der Waals surface area contributed by atoms with E-state index < -0.39 is 20.5 Å². The van der Waals surface area contributed by atoms with E-state index in [0.717, 1.165) is 6.26 Å². The number of hydrogen-bond donors (Lipinski definition) is 2. The van der Waals surface area contributed by atoms with Crippen molar-refractivity contribution in [2.45, 2.75) is 37.4 Å². The molecule has 1 fully saturated rings. The summed E-state index contributed by atoms with van der Waals surface area (Å²) in [6.45, 7) is 1.28. The van der Waals surface area contributed by atoms with Crippen LogP contribution in [-0.4, -0.2) is 35.7 Å². The molecule has 0 radical (unpaired) electrons. The van der Waals surface area contributed by atoms with Crippen LogP contribution in [0.2, 0.25) is 0 Å². The maximum Gasteiger partial charge on any atom is 0.264 e. The maximum absolute atomic E-state index is 11.8. The molecule has 0 aromatic carbocycles. The number of aryl methyl sites for hydroxylation is 1. The molecular formula is C14H20N2O5S. The first-order valence-corrected chi connectivity index (χ1v) is 8.93. The normalized spacial score (nSPS) is 18.3. The first kappa shape index (κ1) is 16.7. The van der Waals surface area contributed by atoms with Gasteiger partial charge in [0, 0.05) is 12.3 Å². The summed E-state index contributed by atoms with van der Waals surface area (Å²) in [6.07, 6.45) is 7.51. The third kappa shape index (κ3) is 3.75. The smallest absolute Gasteiger partial charge is 0.264 e. The van der Waals surface area contributed by atoms with Gasteiger partial charge in [0.2, 0.25) is 0 Å². The van der Waals surface area contributed by atoms with Crippen LogP contribution >= 0.6 is 0 Å². The van der Waals surface area contributed by atoms with Gasteiger partial charge in [0.25, 0.3) is 5.91 Å². The van der Waals surface area contributed by atoms with E-state index in [1.54, 1.807) is 6.07 Å². The topological polar surface area (TPSA) is 110 Å². The highest BCUT2D eigenvalue weighted by Gasteiger charge is 2.43. The third-order valence-corrected chi connectivity index (χ3v) is 6.02. The molecule has 0 spiro atoms. The standard InChI is InChI=1S/C14H20N2O5S/c1-14(13(17)15-18,22(2,19)20)8-7-11-9-12(21-16-11)6-5-10-3-4-10/h5-6,9-10,18H,3-4,7-8H2,1-2H3,(H,15,17)/b6-5+/t14-/m1/s1. The zero-order valence-corrected chi connectivity index (χ0v) is 13.4. The Labute approximate surface area is 129 Å². The van der Waals surface area contributed by atoms with Crippen LogP contribution in [-0.2, 0) is 21.1 Å². The van der Waals surface area contributed by atoms with Crippen molar-refractivity contribution in [3.63, 3.8) is 0 Å². The van der Waals surface area contributed by atoms with Gasteiger partial charge >= 0.3 is 0 Å². The predicted molar refractivity (Wildman–Crippen MR) is 79.8 cm³/mol. The molecule has 0 saturated heterocycles. The van der Waals surface area contributed by atoms with Crippen LogP contribution in [0, 0.1) is 5.92 Å². The molecule has 2 N–H and O–H groups in total. The minimum absolute atomic E-state index is 0.00343. The molecule has 0 unspecified atom stereocenters. The molecule has 1 heterocycles. The first-order valence-electron chi connectivity index (χ1n) is 7.04. The van der Waals surface area contributed by atoms with E-state index in [0.29, 0.717) is 17.4 Å². The van der Waals surface area contributed by atoms with Gasteiger partial charge in [-0.2, -0.15) is 0 Å². The van der Waals surface area contributed by atoms with Crippen LogP contribution < -0.4 is 5.48 Å². The Morgan fingerprint density at radius 2 is 2.27 bits per heavy atom. The summed E-state index contributed by atoms with van der Waals surface area (Å²) in [6, 6.07) is 1.72. The van der Waals surface area contributed by atoms with Crippen molar-refractivity contribution in [3.8, 4) is 0 Å². The average Bonchev–Trinajstić information content (AvgIpc) is 3.18. The second-order valence-corrected chi connectivity index (χ2v) is 8.31. The molecule has 122 valence electrons. The molecule has 0 bridgehead atoms. The third-order valence-electron chi connectivity index (χ3n) is 3.99.